The molecule has 0 saturated heterocycles. The number of fused-ring (bicyclic) bond motifs is 1. The Hall–Kier alpha value is -0.937. The summed E-state index contributed by atoms with van der Waals surface area (Å²) in [6, 6.07) is 19.0. The second kappa shape index (κ2) is 4.93. The first kappa shape index (κ1) is 11.5. The van der Waals surface area contributed by atoms with E-state index in [4.69, 9.17) is 0 Å². The summed E-state index contributed by atoms with van der Waals surface area (Å²) in [6.07, 6.45) is 4.48. The van der Waals surface area contributed by atoms with E-state index < -0.39 is 0 Å². The number of rotatable bonds is 1. The molecule has 0 heterocycles. The van der Waals surface area contributed by atoms with Gasteiger partial charge in [-0.3, -0.25) is 0 Å². The second-order valence-electron chi connectivity index (χ2n) is 3.74. The maximum atomic E-state index is 2.24. The molecule has 1 aliphatic rings. The van der Waals surface area contributed by atoms with Crippen molar-refractivity contribution in [2.24, 2.45) is 0 Å². The van der Waals surface area contributed by atoms with Crippen LogP contribution in [-0.4, -0.2) is 0 Å². The third-order valence-electron chi connectivity index (χ3n) is 2.73. The van der Waals surface area contributed by atoms with Gasteiger partial charge in [0.05, 0.1) is 0 Å². The summed E-state index contributed by atoms with van der Waals surface area (Å²) in [7, 11) is 0. The summed E-state index contributed by atoms with van der Waals surface area (Å²) in [5.74, 6) is 0. The van der Waals surface area contributed by atoms with Gasteiger partial charge in [0.15, 0.2) is 0 Å². The van der Waals surface area contributed by atoms with Gasteiger partial charge >= 0.3 is 0 Å². The first-order valence-electron chi connectivity index (χ1n) is 5.14. The molecule has 0 unspecified atom stereocenters. The fraction of sp³-hybridized carbons (Fsp3) is 0. The molecular formula is C15H11Zr. The summed E-state index contributed by atoms with van der Waals surface area (Å²) < 4.78 is 0. The van der Waals surface area contributed by atoms with Gasteiger partial charge < -0.3 is 0 Å². The molecule has 0 N–H and O–H groups in total. The van der Waals surface area contributed by atoms with Crippen LogP contribution in [0.4, 0.5) is 0 Å². The van der Waals surface area contributed by atoms with Crippen molar-refractivity contribution in [3.8, 4) is 0 Å². The molecule has 2 aromatic rings. The van der Waals surface area contributed by atoms with Crippen molar-refractivity contribution < 1.29 is 26.2 Å². The van der Waals surface area contributed by atoms with Crippen molar-refractivity contribution in [3.63, 3.8) is 0 Å². The van der Waals surface area contributed by atoms with Crippen molar-refractivity contribution in [1.82, 2.24) is 0 Å². The van der Waals surface area contributed by atoms with Crippen molar-refractivity contribution in [1.29, 1.82) is 0 Å². The largest absolute Gasteiger partial charge is 0.0622 e. The summed E-state index contributed by atoms with van der Waals surface area (Å²) in [6.45, 7) is 0. The Morgan fingerprint density at radius 3 is 1.94 bits per heavy atom. The van der Waals surface area contributed by atoms with Gasteiger partial charge in [0.25, 0.3) is 0 Å². The van der Waals surface area contributed by atoms with Crippen molar-refractivity contribution >= 4 is 11.6 Å². The predicted molar refractivity (Wildman–Crippen MR) is 64.2 cm³/mol. The molecule has 75 valence electrons. The van der Waals surface area contributed by atoms with Crippen LogP contribution >= 0.6 is 0 Å². The van der Waals surface area contributed by atoms with E-state index in [0.717, 1.165) is 0 Å². The molecule has 0 amide bonds. The molecule has 2 aromatic carbocycles. The van der Waals surface area contributed by atoms with Gasteiger partial charge in [0.1, 0.15) is 0 Å². The van der Waals surface area contributed by atoms with Gasteiger partial charge in [-0.1, -0.05) is 60.7 Å². The van der Waals surface area contributed by atoms with Crippen LogP contribution in [0.2, 0.25) is 0 Å². The van der Waals surface area contributed by atoms with E-state index in [2.05, 4.69) is 61.0 Å². The van der Waals surface area contributed by atoms with E-state index in [0.29, 0.717) is 0 Å². The Morgan fingerprint density at radius 1 is 0.625 bits per heavy atom. The van der Waals surface area contributed by atoms with Crippen molar-refractivity contribution in [2.45, 2.75) is 0 Å². The molecule has 0 saturated carbocycles. The molecule has 1 heteroatoms. The molecule has 0 atom stereocenters. The first-order valence-corrected chi connectivity index (χ1v) is 5.14. The van der Waals surface area contributed by atoms with Crippen LogP contribution in [0.5, 0.6) is 0 Å². The smallest absolute Gasteiger partial charge is 0.0211 e. The van der Waals surface area contributed by atoms with E-state index in [1.807, 2.05) is 6.07 Å². The topological polar surface area (TPSA) is 0 Å². The number of hydrogen-bond acceptors (Lipinski definition) is 0. The molecule has 3 rings (SSSR count). The van der Waals surface area contributed by atoms with E-state index in [1.54, 1.807) is 0 Å². The van der Waals surface area contributed by atoms with Crippen LogP contribution in [0, 0.1) is 6.42 Å². The molecule has 1 aliphatic carbocycles. The standard InChI is InChI=1S/C15H11.Zr/c1-2-6-12(7-3-1)15-10-13-8-4-5-9-14(13)11-15;/h1-11H;. The molecule has 0 spiro atoms. The number of allylic oxidation sites excluding steroid dienone is 1. The third kappa shape index (κ3) is 2.10. The molecule has 0 aliphatic heterocycles. The average Bonchev–Trinajstić information content (AvgIpc) is 2.74. The van der Waals surface area contributed by atoms with Gasteiger partial charge in [-0.25, -0.2) is 0 Å². The maximum absolute atomic E-state index is 2.24. The monoisotopic (exact) mass is 281 g/mol. The van der Waals surface area contributed by atoms with Crippen molar-refractivity contribution in [3.05, 3.63) is 77.7 Å². The molecule has 16 heavy (non-hydrogen) atoms. The Morgan fingerprint density at radius 2 is 1.25 bits per heavy atom. The van der Waals surface area contributed by atoms with Crippen LogP contribution < -0.4 is 0 Å². The average molecular weight is 282 g/mol. The molecular weight excluding hydrogens is 271 g/mol. The van der Waals surface area contributed by atoms with Crippen LogP contribution in [0.3, 0.4) is 0 Å². The molecule has 0 nitrogen and oxygen atoms in total. The molecule has 0 aromatic heterocycles. The molecule has 0 bridgehead atoms. The predicted octanol–water partition coefficient (Wildman–Crippen LogP) is 3.79. The fourth-order valence-electron chi connectivity index (χ4n) is 1.95. The van der Waals surface area contributed by atoms with Crippen LogP contribution in [0.1, 0.15) is 16.7 Å². The van der Waals surface area contributed by atoms with Gasteiger partial charge in [-0.15, -0.1) is 0 Å². The van der Waals surface area contributed by atoms with Gasteiger partial charge in [-0.2, -0.15) is 0 Å². The SMILES string of the molecule is [CH]1C(c2ccccc2)=Cc2ccccc21.[Zr]. The summed E-state index contributed by atoms with van der Waals surface area (Å²) >= 11 is 0. The Labute approximate surface area is 115 Å². The summed E-state index contributed by atoms with van der Waals surface area (Å²) in [5.41, 5.74) is 5.22. The van der Waals surface area contributed by atoms with Gasteiger partial charge in [0, 0.05) is 32.6 Å². The Kier molecular flexibility index (Phi) is 3.56. The van der Waals surface area contributed by atoms with E-state index in [9.17, 15) is 0 Å². The second-order valence-corrected chi connectivity index (χ2v) is 3.74. The quantitative estimate of drug-likeness (QED) is 0.746. The maximum Gasteiger partial charge on any atom is 0.0211 e. The minimum atomic E-state index is 0. The molecule has 0 fully saturated rings. The zero-order chi connectivity index (χ0) is 10.1. The van der Waals surface area contributed by atoms with Crippen LogP contribution in [0.25, 0.3) is 11.6 Å². The minimum Gasteiger partial charge on any atom is -0.0622 e. The normalized spacial score (nSPS) is 12.6. The molecule has 1 radical (unpaired) electrons. The third-order valence-corrected chi connectivity index (χ3v) is 2.73. The summed E-state index contributed by atoms with van der Waals surface area (Å²) in [4.78, 5) is 0. The van der Waals surface area contributed by atoms with Crippen LogP contribution in [-0.2, 0) is 26.2 Å². The van der Waals surface area contributed by atoms with Crippen molar-refractivity contribution in [2.75, 3.05) is 0 Å². The first-order chi connectivity index (χ1) is 7.43. The summed E-state index contributed by atoms with van der Waals surface area (Å²) in [5, 5.41) is 0. The van der Waals surface area contributed by atoms with E-state index in [1.165, 1.54) is 22.3 Å². The Balaban J connectivity index is 0.000000963. The van der Waals surface area contributed by atoms with E-state index >= 15 is 0 Å². The zero-order valence-corrected chi connectivity index (χ0v) is 11.3. The fourth-order valence-corrected chi connectivity index (χ4v) is 1.95. The number of benzene rings is 2. The zero-order valence-electron chi connectivity index (χ0n) is 8.85. The Bertz CT molecular complexity index is 512. The van der Waals surface area contributed by atoms with E-state index in [-0.39, 0.29) is 26.2 Å². The van der Waals surface area contributed by atoms with Gasteiger partial charge in [-0.05, 0) is 22.3 Å². The minimum absolute atomic E-state index is 0. The number of hydrogen-bond donors (Lipinski definition) is 0. The van der Waals surface area contributed by atoms with Crippen LogP contribution in [0.15, 0.2) is 54.6 Å². The van der Waals surface area contributed by atoms with Gasteiger partial charge in [0.2, 0.25) is 0 Å².